The van der Waals surface area contributed by atoms with Crippen molar-refractivity contribution in [3.8, 4) is 0 Å². The predicted octanol–water partition coefficient (Wildman–Crippen LogP) is 1.87. The summed E-state index contributed by atoms with van der Waals surface area (Å²) in [5, 5.41) is 0. The van der Waals surface area contributed by atoms with Crippen molar-refractivity contribution in [2.75, 3.05) is 20.3 Å². The maximum Gasteiger partial charge on any atom is 0.227 e. The van der Waals surface area contributed by atoms with E-state index in [2.05, 4.69) is 0 Å². The van der Waals surface area contributed by atoms with E-state index in [1.807, 2.05) is 35.2 Å². The first-order chi connectivity index (χ1) is 8.31. The van der Waals surface area contributed by atoms with Crippen LogP contribution < -0.4 is 0 Å². The van der Waals surface area contributed by atoms with E-state index in [4.69, 9.17) is 4.74 Å². The van der Waals surface area contributed by atoms with Gasteiger partial charge in [-0.3, -0.25) is 4.79 Å². The Hall–Kier alpha value is -1.35. The zero-order valence-electron chi connectivity index (χ0n) is 10.3. The van der Waals surface area contributed by atoms with Crippen LogP contribution in [0.5, 0.6) is 0 Å². The van der Waals surface area contributed by atoms with E-state index < -0.39 is 0 Å². The molecule has 1 heterocycles. The lowest BCUT2D eigenvalue weighted by atomic mass is 10.1. The minimum absolute atomic E-state index is 0.218. The van der Waals surface area contributed by atoms with Crippen LogP contribution in [0, 0.1) is 0 Å². The van der Waals surface area contributed by atoms with Crippen LogP contribution in [0.1, 0.15) is 18.4 Å². The molecule has 92 valence electrons. The number of rotatable bonds is 4. The molecule has 3 nitrogen and oxygen atoms in total. The average molecular weight is 233 g/mol. The molecule has 2 rings (SSSR count). The zero-order valence-corrected chi connectivity index (χ0v) is 10.3. The fourth-order valence-electron chi connectivity index (χ4n) is 2.40. The van der Waals surface area contributed by atoms with Gasteiger partial charge in [-0.05, 0) is 18.4 Å². The van der Waals surface area contributed by atoms with Gasteiger partial charge >= 0.3 is 0 Å². The number of hydrogen-bond donors (Lipinski definition) is 0. The number of likely N-dealkylation sites (tertiary alicyclic amines) is 1. The second-order valence-corrected chi connectivity index (χ2v) is 4.50. The van der Waals surface area contributed by atoms with Gasteiger partial charge in [0.1, 0.15) is 0 Å². The quantitative estimate of drug-likeness (QED) is 0.794. The minimum Gasteiger partial charge on any atom is -0.383 e. The van der Waals surface area contributed by atoms with Gasteiger partial charge in [0.15, 0.2) is 0 Å². The fraction of sp³-hybridized carbons (Fsp3) is 0.500. The van der Waals surface area contributed by atoms with Crippen LogP contribution in [-0.4, -0.2) is 37.1 Å². The number of carbonyl (C=O) groups excluding carboxylic acids is 1. The molecule has 0 radical (unpaired) electrons. The van der Waals surface area contributed by atoms with Gasteiger partial charge in [-0.15, -0.1) is 0 Å². The third-order valence-electron chi connectivity index (χ3n) is 3.25. The summed E-state index contributed by atoms with van der Waals surface area (Å²) < 4.78 is 5.16. The first kappa shape index (κ1) is 12.1. The van der Waals surface area contributed by atoms with Gasteiger partial charge < -0.3 is 9.64 Å². The van der Waals surface area contributed by atoms with E-state index in [1.165, 1.54) is 0 Å². The summed E-state index contributed by atoms with van der Waals surface area (Å²) in [5.74, 6) is 0.218. The van der Waals surface area contributed by atoms with Crippen LogP contribution in [0.4, 0.5) is 0 Å². The van der Waals surface area contributed by atoms with Crippen molar-refractivity contribution in [1.29, 1.82) is 0 Å². The smallest absolute Gasteiger partial charge is 0.227 e. The monoisotopic (exact) mass is 233 g/mol. The average Bonchev–Trinajstić information content (AvgIpc) is 2.79. The molecule has 0 saturated carbocycles. The van der Waals surface area contributed by atoms with Crippen LogP contribution in [0.3, 0.4) is 0 Å². The lowest BCUT2D eigenvalue weighted by Crippen LogP contribution is -2.38. The van der Waals surface area contributed by atoms with Crippen molar-refractivity contribution in [3.63, 3.8) is 0 Å². The number of amides is 1. The molecule has 0 bridgehead atoms. The molecule has 1 fully saturated rings. The number of nitrogens with zero attached hydrogens (tertiary/aromatic N) is 1. The van der Waals surface area contributed by atoms with E-state index in [9.17, 15) is 4.79 Å². The molecule has 0 unspecified atom stereocenters. The molecular weight excluding hydrogens is 214 g/mol. The molecular formula is C14H19NO2. The fourth-order valence-corrected chi connectivity index (χ4v) is 2.40. The summed E-state index contributed by atoms with van der Waals surface area (Å²) in [4.78, 5) is 14.1. The van der Waals surface area contributed by atoms with Gasteiger partial charge in [-0.1, -0.05) is 30.3 Å². The number of benzene rings is 1. The van der Waals surface area contributed by atoms with Gasteiger partial charge in [0.05, 0.1) is 19.1 Å². The number of ether oxygens (including phenoxy) is 1. The topological polar surface area (TPSA) is 29.5 Å². The second kappa shape index (κ2) is 5.82. The molecule has 0 aliphatic carbocycles. The highest BCUT2D eigenvalue weighted by atomic mass is 16.5. The molecule has 1 aliphatic heterocycles. The Labute approximate surface area is 102 Å². The molecule has 1 saturated heterocycles. The van der Waals surface area contributed by atoms with Crippen LogP contribution in [0.2, 0.25) is 0 Å². The van der Waals surface area contributed by atoms with E-state index in [-0.39, 0.29) is 11.9 Å². The molecule has 17 heavy (non-hydrogen) atoms. The Bertz CT molecular complexity index is 364. The molecule has 3 heteroatoms. The van der Waals surface area contributed by atoms with E-state index in [0.29, 0.717) is 13.0 Å². The molecule has 0 spiro atoms. The Kier molecular flexibility index (Phi) is 4.15. The maximum atomic E-state index is 12.2. The largest absolute Gasteiger partial charge is 0.383 e. The third kappa shape index (κ3) is 3.07. The summed E-state index contributed by atoms with van der Waals surface area (Å²) in [6.07, 6.45) is 2.66. The lowest BCUT2D eigenvalue weighted by Gasteiger charge is -2.24. The second-order valence-electron chi connectivity index (χ2n) is 4.50. The Balaban J connectivity index is 1.95. The summed E-state index contributed by atoms with van der Waals surface area (Å²) >= 11 is 0. The third-order valence-corrected chi connectivity index (χ3v) is 3.25. The summed E-state index contributed by atoms with van der Waals surface area (Å²) in [6.45, 7) is 1.53. The van der Waals surface area contributed by atoms with Gasteiger partial charge in [-0.25, -0.2) is 0 Å². The maximum absolute atomic E-state index is 12.2. The van der Waals surface area contributed by atoms with Crippen LogP contribution in [-0.2, 0) is 16.0 Å². The standard InChI is InChI=1S/C14H19NO2/c1-17-11-13-8-5-9-15(13)14(16)10-12-6-3-2-4-7-12/h2-4,6-7,13H,5,8-11H2,1H3/t13-/m0/s1. The summed E-state index contributed by atoms with van der Waals surface area (Å²) in [5.41, 5.74) is 1.08. The highest BCUT2D eigenvalue weighted by Crippen LogP contribution is 2.18. The van der Waals surface area contributed by atoms with E-state index in [1.54, 1.807) is 7.11 Å². The zero-order chi connectivity index (χ0) is 12.1. The molecule has 1 aromatic carbocycles. The van der Waals surface area contributed by atoms with Gasteiger partial charge in [0.2, 0.25) is 5.91 Å². The van der Waals surface area contributed by atoms with Crippen molar-refractivity contribution >= 4 is 5.91 Å². The lowest BCUT2D eigenvalue weighted by molar-refractivity contribution is -0.132. The highest BCUT2D eigenvalue weighted by molar-refractivity contribution is 5.79. The molecule has 1 atom stereocenters. The molecule has 1 aromatic rings. The Morgan fingerprint density at radius 2 is 2.18 bits per heavy atom. The summed E-state index contributed by atoms with van der Waals surface area (Å²) in [6, 6.07) is 10.2. The Morgan fingerprint density at radius 1 is 1.41 bits per heavy atom. The highest BCUT2D eigenvalue weighted by Gasteiger charge is 2.28. The van der Waals surface area contributed by atoms with Crippen LogP contribution in [0.25, 0.3) is 0 Å². The number of hydrogen-bond acceptors (Lipinski definition) is 2. The van der Waals surface area contributed by atoms with Crippen LogP contribution >= 0.6 is 0 Å². The first-order valence-corrected chi connectivity index (χ1v) is 6.13. The molecule has 0 aromatic heterocycles. The molecule has 0 N–H and O–H groups in total. The van der Waals surface area contributed by atoms with Crippen molar-refractivity contribution in [2.24, 2.45) is 0 Å². The van der Waals surface area contributed by atoms with Gasteiger partial charge in [-0.2, -0.15) is 0 Å². The van der Waals surface area contributed by atoms with Crippen molar-refractivity contribution in [1.82, 2.24) is 4.90 Å². The van der Waals surface area contributed by atoms with Gasteiger partial charge in [0.25, 0.3) is 0 Å². The Morgan fingerprint density at radius 3 is 2.88 bits per heavy atom. The van der Waals surface area contributed by atoms with Crippen molar-refractivity contribution < 1.29 is 9.53 Å². The summed E-state index contributed by atoms with van der Waals surface area (Å²) in [7, 11) is 1.69. The normalized spacial score (nSPS) is 19.6. The molecule has 1 aliphatic rings. The van der Waals surface area contributed by atoms with Crippen molar-refractivity contribution in [2.45, 2.75) is 25.3 Å². The molecule has 1 amide bonds. The minimum atomic E-state index is 0.218. The predicted molar refractivity (Wildman–Crippen MR) is 66.8 cm³/mol. The van der Waals surface area contributed by atoms with E-state index in [0.717, 1.165) is 24.9 Å². The van der Waals surface area contributed by atoms with Crippen molar-refractivity contribution in [3.05, 3.63) is 35.9 Å². The van der Waals surface area contributed by atoms with Crippen LogP contribution in [0.15, 0.2) is 30.3 Å². The SMILES string of the molecule is COC[C@@H]1CCCN1C(=O)Cc1ccccc1. The van der Waals surface area contributed by atoms with Gasteiger partial charge in [0, 0.05) is 13.7 Å². The van der Waals surface area contributed by atoms with E-state index >= 15 is 0 Å². The number of carbonyl (C=O) groups is 1. The first-order valence-electron chi connectivity index (χ1n) is 6.13. The number of methoxy groups -OCH3 is 1.